The Morgan fingerprint density at radius 3 is 1.59 bits per heavy atom. The van der Waals surface area contributed by atoms with Crippen LogP contribution in [0, 0.1) is 0 Å². The highest BCUT2D eigenvalue weighted by Gasteiger charge is 2.29. The van der Waals surface area contributed by atoms with E-state index >= 15 is 0 Å². The van der Waals surface area contributed by atoms with Gasteiger partial charge in [-0.2, -0.15) is 0 Å². The van der Waals surface area contributed by atoms with Crippen molar-refractivity contribution in [1.82, 2.24) is 25.3 Å². The van der Waals surface area contributed by atoms with E-state index in [-0.39, 0.29) is 18.8 Å². The molecule has 0 saturated carbocycles. The fourth-order valence-electron chi connectivity index (χ4n) is 2.49. The highest BCUT2D eigenvalue weighted by molar-refractivity contribution is 4.80. The van der Waals surface area contributed by atoms with Gasteiger partial charge in [0.15, 0.2) is 0 Å². The normalized spacial score (nSPS) is 19.0. The van der Waals surface area contributed by atoms with Crippen molar-refractivity contribution >= 4 is 0 Å². The fraction of sp³-hybridized carbons (Fsp3) is 1.00. The van der Waals surface area contributed by atoms with Crippen molar-refractivity contribution in [3.8, 4) is 0 Å². The molecule has 0 aliphatic carbocycles. The lowest BCUT2D eigenvalue weighted by Gasteiger charge is -2.48. The predicted octanol–water partition coefficient (Wildman–Crippen LogP) is -1.26. The van der Waals surface area contributed by atoms with Crippen LogP contribution in [0.3, 0.4) is 0 Å². The van der Waals surface area contributed by atoms with Gasteiger partial charge in [0.2, 0.25) is 0 Å². The van der Waals surface area contributed by atoms with Crippen LogP contribution in [0.15, 0.2) is 0 Å². The van der Waals surface area contributed by atoms with Gasteiger partial charge in [-0.05, 0) is 20.8 Å². The molecule has 22 heavy (non-hydrogen) atoms. The summed E-state index contributed by atoms with van der Waals surface area (Å²) >= 11 is 0. The van der Waals surface area contributed by atoms with Gasteiger partial charge < -0.3 is 20.8 Å². The first-order valence-corrected chi connectivity index (χ1v) is 8.30. The van der Waals surface area contributed by atoms with E-state index in [0.29, 0.717) is 13.1 Å². The molecule has 7 heteroatoms. The SMILES string of the molecule is CC(C)(C)N1CN(CCNCCO)CN(CCNCCO)C1. The molecule has 0 amide bonds. The zero-order valence-corrected chi connectivity index (χ0v) is 14.5. The topological polar surface area (TPSA) is 74.2 Å². The lowest BCUT2D eigenvalue weighted by atomic mass is 10.1. The summed E-state index contributed by atoms with van der Waals surface area (Å²) in [4.78, 5) is 7.35. The molecule has 0 bridgehead atoms. The van der Waals surface area contributed by atoms with E-state index in [0.717, 1.165) is 46.2 Å². The quantitative estimate of drug-likeness (QED) is 0.375. The van der Waals surface area contributed by atoms with E-state index in [1.807, 2.05) is 0 Å². The third-order valence-electron chi connectivity index (χ3n) is 3.88. The number of aliphatic hydroxyl groups is 2. The predicted molar refractivity (Wildman–Crippen MR) is 89.5 cm³/mol. The van der Waals surface area contributed by atoms with E-state index in [4.69, 9.17) is 10.2 Å². The molecule has 1 saturated heterocycles. The summed E-state index contributed by atoms with van der Waals surface area (Å²) in [7, 11) is 0. The van der Waals surface area contributed by atoms with E-state index in [9.17, 15) is 0 Å². The summed E-state index contributed by atoms with van der Waals surface area (Å²) in [5.74, 6) is 0. The maximum Gasteiger partial charge on any atom is 0.0555 e. The Morgan fingerprint density at radius 2 is 1.23 bits per heavy atom. The van der Waals surface area contributed by atoms with E-state index in [2.05, 4.69) is 46.1 Å². The number of hydrogen-bond donors (Lipinski definition) is 4. The second-order valence-electron chi connectivity index (χ2n) is 6.87. The summed E-state index contributed by atoms with van der Waals surface area (Å²) < 4.78 is 0. The van der Waals surface area contributed by atoms with Crippen LogP contribution < -0.4 is 10.6 Å². The van der Waals surface area contributed by atoms with Gasteiger partial charge in [-0.25, -0.2) is 0 Å². The van der Waals surface area contributed by atoms with E-state index < -0.39 is 0 Å². The fourth-order valence-corrected chi connectivity index (χ4v) is 2.49. The first-order chi connectivity index (χ1) is 10.5. The Hall–Kier alpha value is -0.280. The third-order valence-corrected chi connectivity index (χ3v) is 3.88. The average molecular weight is 317 g/mol. The molecule has 1 aliphatic rings. The van der Waals surface area contributed by atoms with Crippen LogP contribution in [-0.2, 0) is 0 Å². The van der Waals surface area contributed by atoms with Gasteiger partial charge in [-0.1, -0.05) is 0 Å². The second kappa shape index (κ2) is 10.5. The average Bonchev–Trinajstić information content (AvgIpc) is 2.47. The van der Waals surface area contributed by atoms with Crippen molar-refractivity contribution in [1.29, 1.82) is 0 Å². The zero-order chi connectivity index (χ0) is 16.4. The Balaban J connectivity index is 2.43. The largest absolute Gasteiger partial charge is 0.395 e. The number of aliphatic hydroxyl groups excluding tert-OH is 2. The lowest BCUT2D eigenvalue weighted by Crippen LogP contribution is -2.61. The zero-order valence-electron chi connectivity index (χ0n) is 14.5. The molecule has 0 aromatic rings. The number of nitrogens with one attached hydrogen (secondary N) is 2. The molecule has 7 nitrogen and oxygen atoms in total. The minimum Gasteiger partial charge on any atom is -0.395 e. The van der Waals surface area contributed by atoms with Crippen LogP contribution in [0.4, 0.5) is 0 Å². The van der Waals surface area contributed by atoms with Crippen LogP contribution in [0.25, 0.3) is 0 Å². The molecule has 0 unspecified atom stereocenters. The molecular weight excluding hydrogens is 282 g/mol. The highest BCUT2D eigenvalue weighted by Crippen LogP contribution is 2.18. The van der Waals surface area contributed by atoms with Crippen LogP contribution in [0.1, 0.15) is 20.8 Å². The van der Waals surface area contributed by atoms with Crippen molar-refractivity contribution < 1.29 is 10.2 Å². The molecule has 0 spiro atoms. The van der Waals surface area contributed by atoms with Gasteiger partial charge in [0.05, 0.1) is 33.2 Å². The van der Waals surface area contributed by atoms with Crippen molar-refractivity contribution in [2.24, 2.45) is 0 Å². The summed E-state index contributed by atoms with van der Waals surface area (Å²) in [5.41, 5.74) is 0.147. The van der Waals surface area contributed by atoms with Crippen molar-refractivity contribution in [3.63, 3.8) is 0 Å². The van der Waals surface area contributed by atoms with Crippen molar-refractivity contribution in [2.45, 2.75) is 26.3 Å². The summed E-state index contributed by atoms with van der Waals surface area (Å²) in [5, 5.41) is 24.1. The Morgan fingerprint density at radius 1 is 0.773 bits per heavy atom. The van der Waals surface area contributed by atoms with Gasteiger partial charge in [0.1, 0.15) is 0 Å². The molecule has 0 aromatic carbocycles. The number of hydrogen-bond acceptors (Lipinski definition) is 7. The van der Waals surface area contributed by atoms with Crippen LogP contribution in [0.2, 0.25) is 0 Å². The first-order valence-electron chi connectivity index (χ1n) is 8.30. The van der Waals surface area contributed by atoms with Crippen molar-refractivity contribution in [3.05, 3.63) is 0 Å². The van der Waals surface area contributed by atoms with E-state index in [1.54, 1.807) is 0 Å². The highest BCUT2D eigenvalue weighted by atomic mass is 16.3. The Kier molecular flexibility index (Phi) is 9.42. The van der Waals surface area contributed by atoms with Gasteiger partial charge in [-0.15, -0.1) is 0 Å². The van der Waals surface area contributed by atoms with Gasteiger partial charge in [-0.3, -0.25) is 14.7 Å². The molecular formula is C15H35N5O2. The Labute approximate surface area is 135 Å². The minimum absolute atomic E-state index is 0.147. The summed E-state index contributed by atoms with van der Waals surface area (Å²) in [6, 6.07) is 0. The number of rotatable bonds is 10. The smallest absolute Gasteiger partial charge is 0.0555 e. The maximum atomic E-state index is 8.82. The molecule has 132 valence electrons. The maximum absolute atomic E-state index is 8.82. The molecule has 1 heterocycles. The standard InChI is InChI=1S/C15H35N5O2/c1-15(2,3)20-13-18(8-4-16-6-10-21)12-19(14-20)9-5-17-7-11-22/h16-17,21-22H,4-14H2,1-3H3. The lowest BCUT2D eigenvalue weighted by molar-refractivity contribution is -0.0686. The van der Waals surface area contributed by atoms with Crippen LogP contribution >= 0.6 is 0 Å². The van der Waals surface area contributed by atoms with Gasteiger partial charge in [0.25, 0.3) is 0 Å². The first kappa shape index (κ1) is 19.8. The molecule has 1 rings (SSSR count). The molecule has 1 aliphatic heterocycles. The van der Waals surface area contributed by atoms with Crippen LogP contribution in [-0.4, -0.2) is 103 Å². The molecule has 0 aromatic heterocycles. The molecule has 1 fully saturated rings. The van der Waals surface area contributed by atoms with E-state index in [1.165, 1.54) is 0 Å². The third kappa shape index (κ3) is 7.82. The second-order valence-corrected chi connectivity index (χ2v) is 6.87. The molecule has 4 N–H and O–H groups in total. The van der Waals surface area contributed by atoms with Crippen molar-refractivity contribution in [2.75, 3.05) is 72.5 Å². The minimum atomic E-state index is 0.147. The molecule has 0 radical (unpaired) electrons. The Bertz CT molecular complexity index is 266. The molecule has 0 atom stereocenters. The monoisotopic (exact) mass is 317 g/mol. The number of nitrogens with zero attached hydrogens (tertiary/aromatic N) is 3. The van der Waals surface area contributed by atoms with Crippen LogP contribution in [0.5, 0.6) is 0 Å². The summed E-state index contributed by atoms with van der Waals surface area (Å²) in [6.45, 7) is 15.1. The van der Waals surface area contributed by atoms with Gasteiger partial charge in [0, 0.05) is 44.8 Å². The summed E-state index contributed by atoms with van der Waals surface area (Å²) in [6.07, 6.45) is 0. The van der Waals surface area contributed by atoms with Gasteiger partial charge >= 0.3 is 0 Å².